The van der Waals surface area contributed by atoms with Crippen molar-refractivity contribution in [2.24, 2.45) is 0 Å². The van der Waals surface area contributed by atoms with E-state index in [1.807, 2.05) is 24.3 Å². The van der Waals surface area contributed by atoms with E-state index in [0.717, 1.165) is 30.2 Å². The van der Waals surface area contributed by atoms with Crippen LogP contribution in [0.2, 0.25) is 0 Å². The molecule has 3 saturated heterocycles. The number of likely N-dealkylation sites (tertiary alicyclic amines) is 1. The van der Waals surface area contributed by atoms with Gasteiger partial charge in [0.1, 0.15) is 29.4 Å². The van der Waals surface area contributed by atoms with Gasteiger partial charge in [-0.25, -0.2) is 4.39 Å². The lowest BCUT2D eigenvalue weighted by Gasteiger charge is -2.34. The van der Waals surface area contributed by atoms with Gasteiger partial charge in [-0.1, -0.05) is 24.3 Å². The van der Waals surface area contributed by atoms with Crippen molar-refractivity contribution in [1.82, 2.24) is 25.2 Å². The van der Waals surface area contributed by atoms with Gasteiger partial charge >= 0.3 is 6.01 Å². The Morgan fingerprint density at radius 1 is 1.15 bits per heavy atom. The minimum atomic E-state index is -0.590. The molecule has 3 N–H and O–H groups in total. The first-order valence-electron chi connectivity index (χ1n) is 13.5. The average Bonchev–Trinajstić information content (AvgIpc) is 3.46. The third kappa shape index (κ3) is 4.32. The molecule has 3 fully saturated rings. The number of anilines is 1. The number of likely N-dealkylation sites (N-methyl/N-ethyl adjacent to an activating group) is 1. The van der Waals surface area contributed by atoms with E-state index in [2.05, 4.69) is 32.1 Å². The highest BCUT2D eigenvalue weighted by Gasteiger charge is 2.40. The number of aromatic hydroxyl groups is 1. The smallest absolute Gasteiger partial charge is 0.319 e. The van der Waals surface area contributed by atoms with Crippen LogP contribution >= 0.6 is 0 Å². The third-order valence-electron chi connectivity index (χ3n) is 8.42. The van der Waals surface area contributed by atoms with Crippen LogP contribution in [0.25, 0.3) is 32.9 Å². The predicted molar refractivity (Wildman–Crippen MR) is 147 cm³/mol. The molecule has 4 aromatic rings. The second-order valence-electron chi connectivity index (χ2n) is 11.0. The number of pyridine rings is 1. The summed E-state index contributed by atoms with van der Waals surface area (Å²) in [5.74, 6) is -0.0000917. The maximum absolute atomic E-state index is 16.4. The number of ether oxygens (including phenoxy) is 1. The van der Waals surface area contributed by atoms with Crippen molar-refractivity contribution < 1.29 is 19.3 Å². The van der Waals surface area contributed by atoms with E-state index in [-0.39, 0.29) is 41.1 Å². The summed E-state index contributed by atoms with van der Waals surface area (Å²) < 4.78 is 22.5. The fourth-order valence-corrected chi connectivity index (χ4v) is 6.36. The highest BCUT2D eigenvalue weighted by molar-refractivity contribution is 5.99. The first kappa shape index (κ1) is 24.4. The van der Waals surface area contributed by atoms with Crippen LogP contribution in [0.4, 0.5) is 10.2 Å². The molecule has 202 valence electrons. The van der Waals surface area contributed by atoms with Gasteiger partial charge in [-0.2, -0.15) is 9.97 Å². The molecule has 0 spiro atoms. The average molecular weight is 531 g/mol. The summed E-state index contributed by atoms with van der Waals surface area (Å²) >= 11 is 0. The number of phenols is 1. The van der Waals surface area contributed by atoms with E-state index in [9.17, 15) is 10.2 Å². The molecule has 3 aliphatic rings. The Hall–Kier alpha value is -3.60. The zero-order valence-electron chi connectivity index (χ0n) is 21.7. The Labute approximate surface area is 225 Å². The zero-order valence-corrected chi connectivity index (χ0v) is 21.7. The van der Waals surface area contributed by atoms with E-state index in [1.54, 1.807) is 12.3 Å². The molecule has 9 nitrogen and oxygen atoms in total. The molecule has 0 amide bonds. The molecule has 5 heterocycles. The van der Waals surface area contributed by atoms with Gasteiger partial charge in [0.2, 0.25) is 0 Å². The molecule has 0 saturated carbocycles. The topological polar surface area (TPSA) is 107 Å². The number of hydrogen-bond donors (Lipinski definition) is 3. The quantitative estimate of drug-likeness (QED) is 0.359. The lowest BCUT2D eigenvalue weighted by Crippen LogP contribution is -2.53. The number of rotatable bonds is 5. The number of benzene rings is 2. The molecule has 2 aromatic heterocycles. The third-order valence-corrected chi connectivity index (χ3v) is 8.42. The summed E-state index contributed by atoms with van der Waals surface area (Å²) in [6.45, 7) is 2.61. The number of nitrogens with one attached hydrogen (secondary N) is 1. The molecule has 3 aliphatic heterocycles. The molecular formula is C29H31FN6O3. The number of aliphatic hydroxyl groups is 1. The summed E-state index contributed by atoms with van der Waals surface area (Å²) in [5, 5.41) is 26.3. The molecule has 10 heteroatoms. The highest BCUT2D eigenvalue weighted by atomic mass is 19.1. The van der Waals surface area contributed by atoms with Gasteiger partial charge in [-0.15, -0.1) is 0 Å². The van der Waals surface area contributed by atoms with Gasteiger partial charge in [-0.3, -0.25) is 4.98 Å². The lowest BCUT2D eigenvalue weighted by molar-refractivity contribution is 0.163. The van der Waals surface area contributed by atoms with E-state index >= 15 is 4.39 Å². The van der Waals surface area contributed by atoms with Crippen LogP contribution in [0.3, 0.4) is 0 Å². The van der Waals surface area contributed by atoms with Crippen molar-refractivity contribution in [3.8, 4) is 23.0 Å². The molecule has 0 aliphatic carbocycles. The molecule has 4 atom stereocenters. The van der Waals surface area contributed by atoms with E-state index in [1.165, 1.54) is 6.07 Å². The number of aliphatic hydroxyl groups excluding tert-OH is 1. The van der Waals surface area contributed by atoms with Gasteiger partial charge < -0.3 is 30.1 Å². The number of hydrogen-bond acceptors (Lipinski definition) is 9. The molecule has 39 heavy (non-hydrogen) atoms. The predicted octanol–water partition coefficient (Wildman–Crippen LogP) is 3.07. The van der Waals surface area contributed by atoms with Gasteiger partial charge in [0.25, 0.3) is 0 Å². The molecule has 7 rings (SSSR count). The maximum Gasteiger partial charge on any atom is 0.319 e. The van der Waals surface area contributed by atoms with Crippen molar-refractivity contribution in [3.63, 3.8) is 0 Å². The first-order chi connectivity index (χ1) is 18.9. The zero-order chi connectivity index (χ0) is 26.7. The summed E-state index contributed by atoms with van der Waals surface area (Å²) in [5.41, 5.74) is 0.721. The van der Waals surface area contributed by atoms with Crippen LogP contribution in [0.1, 0.15) is 19.3 Å². The Bertz CT molecular complexity index is 1570. The molecule has 0 radical (unpaired) electrons. The minimum absolute atomic E-state index is 0.0351. The van der Waals surface area contributed by atoms with Gasteiger partial charge in [0.05, 0.1) is 17.5 Å². The Kier molecular flexibility index (Phi) is 5.98. The van der Waals surface area contributed by atoms with E-state index < -0.39 is 11.9 Å². The van der Waals surface area contributed by atoms with Gasteiger partial charge in [0.15, 0.2) is 5.82 Å². The molecular weight excluding hydrogens is 499 g/mol. The highest BCUT2D eigenvalue weighted by Crippen LogP contribution is 2.37. The van der Waals surface area contributed by atoms with E-state index in [0.29, 0.717) is 42.9 Å². The SMILES string of the molecule is CN1CCC[C@H]1COc1nc(N2CC3CC(O)C(C2)N3)c2cnc(-c3cc(O)cc4ccccc34)c(F)c2n1. The second kappa shape index (κ2) is 9.55. The Morgan fingerprint density at radius 2 is 2.03 bits per heavy atom. The van der Waals surface area contributed by atoms with Crippen LogP contribution in [0.15, 0.2) is 42.6 Å². The largest absolute Gasteiger partial charge is 0.508 e. The van der Waals surface area contributed by atoms with Crippen molar-refractivity contribution in [3.05, 3.63) is 48.4 Å². The standard InChI is InChI=1S/C29H31FN6O3/c1-35-8-4-6-18(35)15-39-29-33-27-22(28(34-29)36-13-17-10-24(38)23(14-36)32-17)12-31-26(25(27)30)21-11-19(37)9-16-5-2-3-7-20(16)21/h2-3,5,7,9,11-12,17-18,23-24,32,37-38H,4,6,8,10,13-15H2,1H3/t17?,18-,23?,24?/m0/s1. The number of aromatic nitrogens is 3. The number of halogens is 1. The number of nitrogens with zero attached hydrogens (tertiary/aromatic N) is 5. The fraction of sp³-hybridized carbons (Fsp3) is 0.414. The summed E-state index contributed by atoms with van der Waals surface area (Å²) in [7, 11) is 2.08. The molecule has 2 bridgehead atoms. The summed E-state index contributed by atoms with van der Waals surface area (Å²) in [6, 6.07) is 11.1. The van der Waals surface area contributed by atoms with Crippen molar-refractivity contribution in [2.45, 2.75) is 43.5 Å². The fourth-order valence-electron chi connectivity index (χ4n) is 6.36. The van der Waals surface area contributed by atoms with Crippen LogP contribution in [-0.2, 0) is 0 Å². The lowest BCUT2D eigenvalue weighted by atomic mass is 10.00. The molecule has 2 aromatic carbocycles. The van der Waals surface area contributed by atoms with Crippen LogP contribution in [-0.4, -0.2) is 87.6 Å². The van der Waals surface area contributed by atoms with Crippen molar-refractivity contribution in [1.29, 1.82) is 0 Å². The second-order valence-corrected chi connectivity index (χ2v) is 11.0. The van der Waals surface area contributed by atoms with E-state index in [4.69, 9.17) is 9.72 Å². The normalized spacial score (nSPS) is 25.2. The van der Waals surface area contributed by atoms with Crippen LogP contribution in [0, 0.1) is 5.82 Å². The summed E-state index contributed by atoms with van der Waals surface area (Å²) in [4.78, 5) is 18.2. The van der Waals surface area contributed by atoms with Gasteiger partial charge in [-0.05, 0) is 55.8 Å². The maximum atomic E-state index is 16.4. The van der Waals surface area contributed by atoms with Crippen LogP contribution in [0.5, 0.6) is 11.8 Å². The van der Waals surface area contributed by atoms with Crippen molar-refractivity contribution in [2.75, 3.05) is 38.2 Å². The monoisotopic (exact) mass is 530 g/mol. The number of fused-ring (bicyclic) bond motifs is 4. The Balaban J connectivity index is 1.35. The number of piperazine rings is 1. The number of phenolic OH excluding ortho intramolecular Hbond substituents is 1. The molecule has 3 unspecified atom stereocenters. The van der Waals surface area contributed by atoms with Crippen LogP contribution < -0.4 is 15.0 Å². The minimum Gasteiger partial charge on any atom is -0.508 e. The van der Waals surface area contributed by atoms with Crippen molar-refractivity contribution >= 4 is 27.5 Å². The van der Waals surface area contributed by atoms with Gasteiger partial charge in [0, 0.05) is 36.9 Å². The first-order valence-corrected chi connectivity index (χ1v) is 13.5. The summed E-state index contributed by atoms with van der Waals surface area (Å²) in [6.07, 6.45) is 3.99. The Morgan fingerprint density at radius 3 is 2.85 bits per heavy atom.